The van der Waals surface area contributed by atoms with Crippen LogP contribution in [0.4, 0.5) is 4.79 Å². The fraction of sp³-hybridized carbons (Fsp3) is 0.523. The number of carbonyl (C=O) groups excluding carboxylic acids is 3. The minimum Gasteiger partial charge on any atom is -0.493 e. The van der Waals surface area contributed by atoms with Crippen LogP contribution in [0, 0.1) is 23.7 Å². The molecule has 6 rings (SSSR count). The van der Waals surface area contributed by atoms with Crippen molar-refractivity contribution in [1.82, 2.24) is 4.90 Å². The molecule has 1 spiro atoms. The summed E-state index contributed by atoms with van der Waals surface area (Å²) in [4.78, 5) is 41.3. The van der Waals surface area contributed by atoms with Crippen LogP contribution in [-0.2, 0) is 41.4 Å². The molecular formula is C44H56N2O9. The summed E-state index contributed by atoms with van der Waals surface area (Å²) in [6.07, 6.45) is 5.32. The first-order valence-corrected chi connectivity index (χ1v) is 19.3. The van der Waals surface area contributed by atoms with Crippen molar-refractivity contribution in [2.45, 2.75) is 90.0 Å². The van der Waals surface area contributed by atoms with E-state index in [1.807, 2.05) is 51.1 Å². The molecule has 2 heterocycles. The van der Waals surface area contributed by atoms with E-state index < -0.39 is 35.2 Å². The average molecular weight is 757 g/mol. The van der Waals surface area contributed by atoms with E-state index in [0.29, 0.717) is 55.7 Å². The van der Waals surface area contributed by atoms with Gasteiger partial charge in [0.2, 0.25) is 0 Å². The maximum Gasteiger partial charge on any atom is 0.415 e. The fourth-order valence-electron chi connectivity index (χ4n) is 8.98. The predicted molar refractivity (Wildman–Crippen MR) is 207 cm³/mol. The summed E-state index contributed by atoms with van der Waals surface area (Å²) in [6, 6.07) is 15.0. The summed E-state index contributed by atoms with van der Waals surface area (Å²) in [5.74, 6) is -2.28. The molecule has 0 radical (unpaired) electrons. The third kappa shape index (κ3) is 8.03. The lowest BCUT2D eigenvalue weighted by Crippen LogP contribution is -2.65. The van der Waals surface area contributed by atoms with E-state index in [4.69, 9.17) is 34.2 Å². The Bertz CT molecular complexity index is 1860. The quantitative estimate of drug-likeness (QED) is 0.184. The molecule has 0 aromatic heterocycles. The van der Waals surface area contributed by atoms with E-state index in [0.717, 1.165) is 16.7 Å². The van der Waals surface area contributed by atoms with E-state index >= 15 is 0 Å². The lowest BCUT2D eigenvalue weighted by atomic mass is 9.62. The lowest BCUT2D eigenvalue weighted by Gasteiger charge is -2.56. The molecule has 55 heavy (non-hydrogen) atoms. The largest absolute Gasteiger partial charge is 0.493 e. The Morgan fingerprint density at radius 3 is 2.47 bits per heavy atom. The number of hydrogen-bond donors (Lipinski definition) is 1. The number of fused-ring (bicyclic) bond motifs is 2. The van der Waals surface area contributed by atoms with Crippen LogP contribution in [0.25, 0.3) is 0 Å². The number of ether oxygens (including phenoxy) is 6. The average Bonchev–Trinajstić information content (AvgIpc) is 3.29. The Kier molecular flexibility index (Phi) is 11.8. The number of rotatable bonds is 12. The third-order valence-corrected chi connectivity index (χ3v) is 11.9. The van der Waals surface area contributed by atoms with Crippen LogP contribution in [0.1, 0.15) is 65.0 Å². The van der Waals surface area contributed by atoms with Gasteiger partial charge in [0.15, 0.2) is 17.3 Å². The summed E-state index contributed by atoms with van der Waals surface area (Å²) in [7, 11) is 3.11. The first-order valence-electron chi connectivity index (χ1n) is 19.3. The highest BCUT2D eigenvalue weighted by molar-refractivity contribution is 6.00. The first-order chi connectivity index (χ1) is 26.1. The van der Waals surface area contributed by atoms with Crippen LogP contribution in [-0.4, -0.2) is 79.9 Å². The Labute approximate surface area is 324 Å². The summed E-state index contributed by atoms with van der Waals surface area (Å²) >= 11 is 0. The van der Waals surface area contributed by atoms with Crippen molar-refractivity contribution in [3.05, 3.63) is 95.1 Å². The maximum atomic E-state index is 14.0. The predicted octanol–water partition coefficient (Wildman–Crippen LogP) is 6.73. The number of ketones is 1. The smallest absolute Gasteiger partial charge is 0.415 e. The number of Topliss-reactive ketones (excluding diaryl/α,β-unsaturated/α-hetero) is 1. The van der Waals surface area contributed by atoms with Gasteiger partial charge in [-0.15, -0.1) is 0 Å². The van der Waals surface area contributed by atoms with Crippen LogP contribution < -0.4 is 15.2 Å². The highest BCUT2D eigenvalue weighted by Gasteiger charge is 2.67. The van der Waals surface area contributed by atoms with Crippen molar-refractivity contribution in [1.29, 1.82) is 0 Å². The fourth-order valence-corrected chi connectivity index (χ4v) is 8.98. The van der Waals surface area contributed by atoms with Gasteiger partial charge in [0.1, 0.15) is 6.61 Å². The number of benzene rings is 2. The Hall–Kier alpha value is -4.29. The van der Waals surface area contributed by atoms with Crippen LogP contribution in [0.2, 0.25) is 0 Å². The molecule has 11 nitrogen and oxygen atoms in total. The Morgan fingerprint density at radius 1 is 1.04 bits per heavy atom. The zero-order chi connectivity index (χ0) is 39.7. The molecule has 0 saturated carbocycles. The SMILES string of the molecule is C=C(C)C1(C)C[C@@H](C)C23O[C@](Cc4ccccc4)(OC(C)C2C=C(COC(=O)Cc2ccc(OC(=O)N(C)CCCN)c(OC)c2)CC2C(=O)C(C)=CC23)O1. The van der Waals surface area contributed by atoms with E-state index in [9.17, 15) is 14.4 Å². The Balaban J connectivity index is 1.26. The van der Waals surface area contributed by atoms with Crippen LogP contribution in [0.15, 0.2) is 84.0 Å². The van der Waals surface area contributed by atoms with E-state index in [2.05, 4.69) is 32.6 Å². The summed E-state index contributed by atoms with van der Waals surface area (Å²) in [5.41, 5.74) is 7.98. The summed E-state index contributed by atoms with van der Waals surface area (Å²) in [5, 5.41) is 0. The van der Waals surface area contributed by atoms with Gasteiger partial charge < -0.3 is 39.1 Å². The molecule has 6 unspecified atom stereocenters. The minimum atomic E-state index is -1.44. The molecule has 2 bridgehead atoms. The monoisotopic (exact) mass is 756 g/mol. The zero-order valence-electron chi connectivity index (χ0n) is 33.2. The molecule has 2 aliphatic carbocycles. The second-order valence-electron chi connectivity index (χ2n) is 16.0. The molecule has 296 valence electrons. The molecule has 11 heteroatoms. The molecule has 1 amide bonds. The van der Waals surface area contributed by atoms with Crippen LogP contribution in [0.5, 0.6) is 11.5 Å². The van der Waals surface area contributed by atoms with E-state index in [1.54, 1.807) is 25.2 Å². The molecule has 2 saturated heterocycles. The van der Waals surface area contributed by atoms with E-state index in [-0.39, 0.29) is 48.4 Å². The number of carbonyl (C=O) groups is 3. The molecule has 2 aromatic carbocycles. The topological polar surface area (TPSA) is 136 Å². The van der Waals surface area contributed by atoms with Crippen molar-refractivity contribution >= 4 is 17.8 Å². The number of esters is 1. The number of allylic oxidation sites excluding steroid dienone is 1. The number of nitrogens with zero attached hydrogens (tertiary/aromatic N) is 1. The number of methoxy groups -OCH3 is 1. The van der Waals surface area contributed by atoms with Crippen LogP contribution in [0.3, 0.4) is 0 Å². The van der Waals surface area contributed by atoms with Gasteiger partial charge in [-0.05, 0) is 99.4 Å². The summed E-state index contributed by atoms with van der Waals surface area (Å²) in [6.45, 7) is 15.4. The molecule has 8 atom stereocenters. The molecule has 2 aromatic rings. The van der Waals surface area contributed by atoms with E-state index in [1.165, 1.54) is 12.0 Å². The van der Waals surface area contributed by atoms with Gasteiger partial charge in [-0.2, -0.15) is 0 Å². The minimum absolute atomic E-state index is 0.0131. The van der Waals surface area contributed by atoms with Gasteiger partial charge in [0, 0.05) is 31.3 Å². The highest BCUT2D eigenvalue weighted by Crippen LogP contribution is 2.60. The molecule has 2 N–H and O–H groups in total. The molecule has 2 aliphatic heterocycles. The second kappa shape index (κ2) is 16.1. The van der Waals surface area contributed by atoms with Crippen LogP contribution >= 0.6 is 0 Å². The highest BCUT2D eigenvalue weighted by atomic mass is 16.9. The van der Waals surface area contributed by atoms with Gasteiger partial charge in [-0.1, -0.05) is 62.1 Å². The van der Waals surface area contributed by atoms with Crippen molar-refractivity contribution in [3.63, 3.8) is 0 Å². The number of hydrogen-bond acceptors (Lipinski definition) is 10. The van der Waals surface area contributed by atoms with Crippen molar-refractivity contribution < 1.29 is 42.8 Å². The second-order valence-corrected chi connectivity index (χ2v) is 16.0. The molecule has 2 fully saturated rings. The normalized spacial score (nSPS) is 31.1. The van der Waals surface area contributed by atoms with Gasteiger partial charge >= 0.3 is 12.1 Å². The third-order valence-electron chi connectivity index (χ3n) is 11.9. The standard InChI is InChI=1S/C44H56N2O9/c1-27(2)42(6)24-29(4)44-35(30(5)53-43(54-42,55-44)25-31-13-10-9-11-14-31)21-33(20-34-36(44)19-28(3)40(34)48)26-51-39(47)23-32-15-16-37(38(22-32)50-8)52-41(49)46(7)18-12-17-45/h9-11,13-16,19,21-22,29-30,34-36H,1,12,17-18,20,23-26,45H2,2-8H3/t29-,30?,34?,35?,36?,42?,43-,44?/m1/s1. The van der Waals surface area contributed by atoms with Crippen molar-refractivity contribution in [3.8, 4) is 11.5 Å². The van der Waals surface area contributed by atoms with Gasteiger partial charge in [-0.25, -0.2) is 4.79 Å². The molecule has 4 aliphatic rings. The first kappa shape index (κ1) is 40.4. The van der Waals surface area contributed by atoms with Crippen molar-refractivity contribution in [2.24, 2.45) is 29.4 Å². The van der Waals surface area contributed by atoms with Gasteiger partial charge in [0.05, 0.1) is 37.3 Å². The lowest BCUT2D eigenvalue weighted by molar-refractivity contribution is -0.472. The Morgan fingerprint density at radius 2 is 1.78 bits per heavy atom. The molecular weight excluding hydrogens is 700 g/mol. The van der Waals surface area contributed by atoms with Gasteiger partial charge in [0.25, 0.3) is 5.97 Å². The zero-order valence-corrected chi connectivity index (χ0v) is 33.2. The van der Waals surface area contributed by atoms with Gasteiger partial charge in [-0.3, -0.25) is 9.59 Å². The number of nitrogens with two attached hydrogens (primary N) is 1. The van der Waals surface area contributed by atoms with Crippen molar-refractivity contribution in [2.75, 3.05) is 33.9 Å². The summed E-state index contributed by atoms with van der Waals surface area (Å²) < 4.78 is 38.2. The maximum absolute atomic E-state index is 14.0. The number of amides is 1.